The van der Waals surface area contributed by atoms with Crippen molar-refractivity contribution in [2.75, 3.05) is 0 Å². The largest absolute Gasteiger partial charge is 0.508 e. The lowest BCUT2D eigenvalue weighted by Crippen LogP contribution is -2.10. The summed E-state index contributed by atoms with van der Waals surface area (Å²) in [7, 11) is 0. The summed E-state index contributed by atoms with van der Waals surface area (Å²) in [5.74, 6) is 0.0671. The average molecular weight is 389 g/mol. The number of aromatic hydroxyl groups is 2. The van der Waals surface area contributed by atoms with Crippen LogP contribution in [0.2, 0.25) is 0 Å². The van der Waals surface area contributed by atoms with Crippen molar-refractivity contribution < 1.29 is 20.1 Å². The molecule has 2 aromatic carbocycles. The highest BCUT2D eigenvalue weighted by Gasteiger charge is 2.17. The summed E-state index contributed by atoms with van der Waals surface area (Å²) >= 11 is 0. The molecule has 0 fully saturated rings. The number of carboxylic acid groups (broad SMARTS) is 1. The van der Waals surface area contributed by atoms with Crippen LogP contribution in [0, 0.1) is 0 Å². The van der Waals surface area contributed by atoms with Crippen molar-refractivity contribution >= 4 is 5.97 Å². The molecule has 0 saturated carbocycles. The Bertz CT molecular complexity index is 666. The van der Waals surface area contributed by atoms with Crippen LogP contribution in [-0.4, -0.2) is 21.3 Å². The van der Waals surface area contributed by atoms with E-state index in [1.807, 2.05) is 43.3 Å². The second-order valence-electron chi connectivity index (χ2n) is 8.68. The molecule has 0 radical (unpaired) electrons. The number of phenolic OH excluding ortho intramolecular Hbond substituents is 2. The molecule has 0 aliphatic rings. The molecule has 3 N–H and O–H groups in total. The molecule has 0 aliphatic carbocycles. The molecule has 0 aromatic heterocycles. The highest BCUT2D eigenvalue weighted by Crippen LogP contribution is 2.30. The third-order valence-electron chi connectivity index (χ3n) is 3.89. The maximum absolute atomic E-state index is 9.60. The van der Waals surface area contributed by atoms with Crippen LogP contribution in [-0.2, 0) is 15.6 Å². The predicted octanol–water partition coefficient (Wildman–Crippen LogP) is 6.25. The van der Waals surface area contributed by atoms with Crippen molar-refractivity contribution in [2.24, 2.45) is 0 Å². The van der Waals surface area contributed by atoms with E-state index in [0.29, 0.717) is 17.9 Å². The first kappa shape index (κ1) is 25.5. The minimum atomic E-state index is -0.711. The van der Waals surface area contributed by atoms with Gasteiger partial charge in [-0.3, -0.25) is 4.79 Å². The minimum Gasteiger partial charge on any atom is -0.508 e. The van der Waals surface area contributed by atoms with Crippen molar-refractivity contribution in [3.63, 3.8) is 0 Å². The van der Waals surface area contributed by atoms with E-state index in [1.165, 1.54) is 0 Å². The summed E-state index contributed by atoms with van der Waals surface area (Å²) in [6.45, 7) is 14.4. The summed E-state index contributed by atoms with van der Waals surface area (Å²) in [6.07, 6.45) is 1.02. The Morgan fingerprint density at radius 3 is 1.21 bits per heavy atom. The molecule has 0 bridgehead atoms. The second kappa shape index (κ2) is 11.4. The molecule has 0 heterocycles. The lowest BCUT2D eigenvalue weighted by atomic mass is 9.86. The molecule has 0 unspecified atom stereocenters. The van der Waals surface area contributed by atoms with E-state index < -0.39 is 5.97 Å². The van der Waals surface area contributed by atoms with E-state index in [1.54, 1.807) is 12.1 Å². The molecule has 2 rings (SSSR count). The van der Waals surface area contributed by atoms with Crippen LogP contribution in [0.5, 0.6) is 11.5 Å². The topological polar surface area (TPSA) is 77.8 Å². The van der Waals surface area contributed by atoms with E-state index in [4.69, 9.17) is 5.11 Å². The predicted molar refractivity (Wildman–Crippen MR) is 116 cm³/mol. The minimum absolute atomic E-state index is 0.0331. The van der Waals surface area contributed by atoms with Gasteiger partial charge < -0.3 is 15.3 Å². The Kier molecular flexibility index (Phi) is 10.4. The van der Waals surface area contributed by atoms with Crippen LogP contribution in [0.3, 0.4) is 0 Å². The number of hydrogen-bond donors (Lipinski definition) is 3. The maximum atomic E-state index is 9.60. The standard InChI is InChI=1S/2C10H14O.C4H8O2/c2*1-10(2,3)8-6-4-5-7-9(8)11;1-2-3-4(5)6/h2*4-7,11H,1-3H3;2-3H2,1H3,(H,5,6). The Morgan fingerprint density at radius 2 is 1.07 bits per heavy atom. The fourth-order valence-corrected chi connectivity index (χ4v) is 2.43. The van der Waals surface area contributed by atoms with E-state index in [0.717, 1.165) is 17.5 Å². The molecular weight excluding hydrogens is 352 g/mol. The van der Waals surface area contributed by atoms with Crippen molar-refractivity contribution in [3.8, 4) is 11.5 Å². The Morgan fingerprint density at radius 1 is 0.750 bits per heavy atom. The Balaban J connectivity index is 0.000000411. The van der Waals surface area contributed by atoms with Gasteiger partial charge in [0.05, 0.1) is 0 Å². The van der Waals surface area contributed by atoms with Gasteiger partial charge in [0.1, 0.15) is 11.5 Å². The summed E-state index contributed by atoms with van der Waals surface area (Å²) in [5.41, 5.74) is 2.07. The molecule has 0 spiro atoms. The third-order valence-corrected chi connectivity index (χ3v) is 3.89. The fourth-order valence-electron chi connectivity index (χ4n) is 2.43. The zero-order valence-corrected chi connectivity index (χ0v) is 18.3. The summed E-state index contributed by atoms with van der Waals surface area (Å²) in [6, 6.07) is 14.9. The van der Waals surface area contributed by atoms with Crippen LogP contribution in [0.4, 0.5) is 0 Å². The van der Waals surface area contributed by atoms with Gasteiger partial charge in [-0.25, -0.2) is 0 Å². The van der Waals surface area contributed by atoms with Crippen LogP contribution in [0.1, 0.15) is 72.4 Å². The van der Waals surface area contributed by atoms with Crippen LogP contribution < -0.4 is 0 Å². The first-order chi connectivity index (χ1) is 12.8. The highest BCUT2D eigenvalue weighted by molar-refractivity contribution is 5.66. The zero-order chi connectivity index (χ0) is 22.0. The second-order valence-corrected chi connectivity index (χ2v) is 8.68. The molecule has 4 heteroatoms. The lowest BCUT2D eigenvalue weighted by molar-refractivity contribution is -0.137. The molecule has 28 heavy (non-hydrogen) atoms. The van der Waals surface area contributed by atoms with Crippen molar-refractivity contribution in [1.82, 2.24) is 0 Å². The van der Waals surface area contributed by atoms with Gasteiger partial charge in [-0.05, 0) is 40.5 Å². The molecule has 0 amide bonds. The van der Waals surface area contributed by atoms with Crippen molar-refractivity contribution in [1.29, 1.82) is 0 Å². The molecule has 0 saturated heterocycles. The third kappa shape index (κ3) is 10.0. The monoisotopic (exact) mass is 388 g/mol. The number of rotatable bonds is 2. The van der Waals surface area contributed by atoms with Gasteiger partial charge in [0.2, 0.25) is 0 Å². The zero-order valence-electron chi connectivity index (χ0n) is 18.3. The number of carbonyl (C=O) groups is 1. The van der Waals surface area contributed by atoms with E-state index in [-0.39, 0.29) is 10.8 Å². The Labute approximate surface area is 169 Å². The van der Waals surface area contributed by atoms with Crippen LogP contribution >= 0.6 is 0 Å². The van der Waals surface area contributed by atoms with Gasteiger partial charge in [0.15, 0.2) is 0 Å². The van der Waals surface area contributed by atoms with Gasteiger partial charge in [-0.1, -0.05) is 84.9 Å². The van der Waals surface area contributed by atoms with Crippen LogP contribution in [0.15, 0.2) is 48.5 Å². The molecule has 0 atom stereocenters. The quantitative estimate of drug-likeness (QED) is 0.568. The molecular formula is C24H36O4. The number of aliphatic carboxylic acids is 1. The van der Waals surface area contributed by atoms with Gasteiger partial charge in [-0.2, -0.15) is 0 Å². The molecule has 0 aliphatic heterocycles. The van der Waals surface area contributed by atoms with Gasteiger partial charge in [0.25, 0.3) is 0 Å². The normalized spacial score (nSPS) is 10.8. The van der Waals surface area contributed by atoms with Crippen molar-refractivity contribution in [2.45, 2.75) is 72.1 Å². The smallest absolute Gasteiger partial charge is 0.303 e. The molecule has 2 aromatic rings. The van der Waals surface area contributed by atoms with E-state index in [2.05, 4.69) is 41.5 Å². The highest BCUT2D eigenvalue weighted by atomic mass is 16.4. The van der Waals surface area contributed by atoms with Gasteiger partial charge >= 0.3 is 5.97 Å². The summed E-state index contributed by atoms with van der Waals surface area (Å²) in [5, 5.41) is 26.8. The number of para-hydroxylation sites is 2. The van der Waals surface area contributed by atoms with E-state index in [9.17, 15) is 15.0 Å². The Hall–Kier alpha value is -2.49. The lowest BCUT2D eigenvalue weighted by Gasteiger charge is -2.19. The van der Waals surface area contributed by atoms with E-state index >= 15 is 0 Å². The van der Waals surface area contributed by atoms with Gasteiger partial charge in [-0.15, -0.1) is 0 Å². The molecule has 156 valence electrons. The van der Waals surface area contributed by atoms with Crippen LogP contribution in [0.25, 0.3) is 0 Å². The first-order valence-electron chi connectivity index (χ1n) is 9.59. The maximum Gasteiger partial charge on any atom is 0.303 e. The van der Waals surface area contributed by atoms with Crippen molar-refractivity contribution in [3.05, 3.63) is 59.7 Å². The SMILES string of the molecule is CC(C)(C)c1ccccc1O.CC(C)(C)c1ccccc1O.CCCC(=O)O. The molecule has 4 nitrogen and oxygen atoms in total. The number of benzene rings is 2. The first-order valence-corrected chi connectivity index (χ1v) is 9.59. The fraction of sp³-hybridized carbons (Fsp3) is 0.458. The summed E-state index contributed by atoms with van der Waals surface area (Å²) < 4.78 is 0. The van der Waals surface area contributed by atoms with Gasteiger partial charge in [0, 0.05) is 6.42 Å². The average Bonchev–Trinajstić information content (AvgIpc) is 2.54. The number of hydrogen-bond acceptors (Lipinski definition) is 3. The summed E-state index contributed by atoms with van der Waals surface area (Å²) in [4.78, 5) is 9.60. The number of carboxylic acids is 1. The number of phenols is 2.